The SMILES string of the molecule is C[C@H](Cn1cncn1)C(=O)Nc1ccc(OCCN2CCOCC2)cc1. The molecule has 2 heterocycles. The molecule has 2 aromatic rings. The van der Waals surface area contributed by atoms with Crippen LogP contribution in [0.25, 0.3) is 0 Å². The zero-order valence-corrected chi connectivity index (χ0v) is 15.0. The van der Waals surface area contributed by atoms with Gasteiger partial charge >= 0.3 is 0 Å². The number of carbonyl (C=O) groups excluding carboxylic acids is 1. The third-order valence-electron chi connectivity index (χ3n) is 4.28. The van der Waals surface area contributed by atoms with Gasteiger partial charge in [0, 0.05) is 25.3 Å². The average Bonchev–Trinajstić information content (AvgIpc) is 3.17. The number of carbonyl (C=O) groups is 1. The van der Waals surface area contributed by atoms with Gasteiger partial charge in [-0.1, -0.05) is 6.92 Å². The zero-order valence-electron chi connectivity index (χ0n) is 15.0. The monoisotopic (exact) mass is 359 g/mol. The van der Waals surface area contributed by atoms with Crippen molar-refractivity contribution in [3.63, 3.8) is 0 Å². The molecule has 8 nitrogen and oxygen atoms in total. The molecule has 3 rings (SSSR count). The van der Waals surface area contributed by atoms with Gasteiger partial charge in [0.15, 0.2) is 0 Å². The molecule has 1 atom stereocenters. The van der Waals surface area contributed by atoms with Gasteiger partial charge in [-0.2, -0.15) is 5.10 Å². The molecule has 26 heavy (non-hydrogen) atoms. The van der Waals surface area contributed by atoms with E-state index in [1.165, 1.54) is 6.33 Å². The van der Waals surface area contributed by atoms with Gasteiger partial charge in [-0.25, -0.2) is 4.98 Å². The number of amides is 1. The maximum Gasteiger partial charge on any atom is 0.229 e. The zero-order chi connectivity index (χ0) is 18.2. The fraction of sp³-hybridized carbons (Fsp3) is 0.500. The normalized spacial score (nSPS) is 16.2. The van der Waals surface area contributed by atoms with Gasteiger partial charge in [0.05, 0.1) is 25.7 Å². The van der Waals surface area contributed by atoms with Crippen LogP contribution in [0.1, 0.15) is 6.92 Å². The Labute approximate surface area is 153 Å². The number of hydrogen-bond acceptors (Lipinski definition) is 6. The number of aromatic nitrogens is 3. The molecule has 0 aliphatic carbocycles. The molecule has 8 heteroatoms. The minimum atomic E-state index is -0.207. The summed E-state index contributed by atoms with van der Waals surface area (Å²) in [5.41, 5.74) is 0.751. The maximum absolute atomic E-state index is 12.3. The largest absolute Gasteiger partial charge is 0.492 e. The Morgan fingerprint density at radius 1 is 1.31 bits per heavy atom. The van der Waals surface area contributed by atoms with Crippen LogP contribution in [0.3, 0.4) is 0 Å². The fourth-order valence-corrected chi connectivity index (χ4v) is 2.71. The number of hydrogen-bond donors (Lipinski definition) is 1. The van der Waals surface area contributed by atoms with Crippen LogP contribution >= 0.6 is 0 Å². The number of anilines is 1. The van der Waals surface area contributed by atoms with Crippen LogP contribution in [0.4, 0.5) is 5.69 Å². The van der Waals surface area contributed by atoms with E-state index >= 15 is 0 Å². The smallest absolute Gasteiger partial charge is 0.229 e. The lowest BCUT2D eigenvalue weighted by Gasteiger charge is -2.26. The summed E-state index contributed by atoms with van der Waals surface area (Å²) in [5, 5.41) is 6.93. The Balaban J connectivity index is 1.41. The van der Waals surface area contributed by atoms with Crippen molar-refractivity contribution >= 4 is 11.6 Å². The Morgan fingerprint density at radius 3 is 2.77 bits per heavy atom. The van der Waals surface area contributed by atoms with Gasteiger partial charge < -0.3 is 14.8 Å². The van der Waals surface area contributed by atoms with Crippen molar-refractivity contribution in [3.8, 4) is 5.75 Å². The first-order valence-electron chi connectivity index (χ1n) is 8.87. The molecule has 1 aliphatic heterocycles. The first-order chi connectivity index (χ1) is 12.7. The summed E-state index contributed by atoms with van der Waals surface area (Å²) in [5.74, 6) is 0.537. The Bertz CT molecular complexity index is 669. The van der Waals surface area contributed by atoms with Crippen molar-refractivity contribution in [2.24, 2.45) is 5.92 Å². The molecule has 1 fully saturated rings. The number of rotatable bonds is 8. The predicted octanol–water partition coefficient (Wildman–Crippen LogP) is 1.26. The summed E-state index contributed by atoms with van der Waals surface area (Å²) < 4.78 is 12.8. The highest BCUT2D eigenvalue weighted by Crippen LogP contribution is 2.16. The molecule has 1 aromatic carbocycles. The van der Waals surface area contributed by atoms with E-state index in [-0.39, 0.29) is 11.8 Å². The van der Waals surface area contributed by atoms with E-state index in [0.29, 0.717) is 13.2 Å². The van der Waals surface area contributed by atoms with E-state index in [4.69, 9.17) is 9.47 Å². The van der Waals surface area contributed by atoms with Crippen LogP contribution in [0.15, 0.2) is 36.9 Å². The topological polar surface area (TPSA) is 81.5 Å². The highest BCUT2D eigenvalue weighted by atomic mass is 16.5. The van der Waals surface area contributed by atoms with Crippen LogP contribution in [-0.2, 0) is 16.1 Å². The third-order valence-corrected chi connectivity index (χ3v) is 4.28. The van der Waals surface area contributed by atoms with Crippen molar-refractivity contribution in [2.45, 2.75) is 13.5 Å². The van der Waals surface area contributed by atoms with E-state index in [1.807, 2.05) is 31.2 Å². The van der Waals surface area contributed by atoms with Gasteiger partial charge in [-0.15, -0.1) is 0 Å². The predicted molar refractivity (Wildman–Crippen MR) is 97.0 cm³/mol. The van der Waals surface area contributed by atoms with Crippen molar-refractivity contribution in [3.05, 3.63) is 36.9 Å². The first-order valence-corrected chi connectivity index (χ1v) is 8.87. The molecule has 140 valence electrons. The summed E-state index contributed by atoms with van der Waals surface area (Å²) in [4.78, 5) is 18.5. The fourth-order valence-electron chi connectivity index (χ4n) is 2.71. The Hall–Kier alpha value is -2.45. The molecule has 1 saturated heterocycles. The second-order valence-electron chi connectivity index (χ2n) is 6.33. The average molecular weight is 359 g/mol. The molecular weight excluding hydrogens is 334 g/mol. The van der Waals surface area contributed by atoms with E-state index in [9.17, 15) is 4.79 Å². The lowest BCUT2D eigenvalue weighted by Crippen LogP contribution is -2.38. The highest BCUT2D eigenvalue weighted by molar-refractivity contribution is 5.92. The summed E-state index contributed by atoms with van der Waals surface area (Å²) in [6.07, 6.45) is 3.06. The summed E-state index contributed by atoms with van der Waals surface area (Å²) in [6.45, 7) is 7.40. The van der Waals surface area contributed by atoms with Crippen LogP contribution in [0.5, 0.6) is 5.75 Å². The first kappa shape index (κ1) is 18.3. The third kappa shape index (κ3) is 5.53. The molecule has 0 bridgehead atoms. The second-order valence-corrected chi connectivity index (χ2v) is 6.33. The number of benzene rings is 1. The minimum absolute atomic E-state index is 0.0542. The minimum Gasteiger partial charge on any atom is -0.492 e. The van der Waals surface area contributed by atoms with Crippen LogP contribution in [0.2, 0.25) is 0 Å². The number of morpholine rings is 1. The van der Waals surface area contributed by atoms with E-state index in [2.05, 4.69) is 20.3 Å². The van der Waals surface area contributed by atoms with Gasteiger partial charge in [0.25, 0.3) is 0 Å². The molecule has 1 amide bonds. The van der Waals surface area contributed by atoms with Gasteiger partial charge in [0.2, 0.25) is 5.91 Å². The van der Waals surface area contributed by atoms with Crippen LogP contribution in [0, 0.1) is 5.92 Å². The van der Waals surface area contributed by atoms with E-state index < -0.39 is 0 Å². The van der Waals surface area contributed by atoms with Crippen molar-refractivity contribution in [1.29, 1.82) is 0 Å². The molecule has 1 aliphatic rings. The van der Waals surface area contributed by atoms with Gasteiger partial charge in [0.1, 0.15) is 25.0 Å². The van der Waals surface area contributed by atoms with E-state index in [0.717, 1.165) is 44.3 Å². The lowest BCUT2D eigenvalue weighted by molar-refractivity contribution is -0.119. The number of ether oxygens (including phenoxy) is 2. The second kappa shape index (κ2) is 9.30. The molecule has 0 saturated carbocycles. The van der Waals surface area contributed by atoms with Crippen molar-refractivity contribution in [2.75, 3.05) is 44.8 Å². The van der Waals surface area contributed by atoms with E-state index in [1.54, 1.807) is 11.0 Å². The summed E-state index contributed by atoms with van der Waals surface area (Å²) in [6, 6.07) is 7.45. The molecular formula is C18H25N5O3. The molecule has 1 N–H and O–H groups in total. The molecule has 0 unspecified atom stereocenters. The Morgan fingerprint density at radius 2 is 2.08 bits per heavy atom. The summed E-state index contributed by atoms with van der Waals surface area (Å²) >= 11 is 0. The van der Waals surface area contributed by atoms with Crippen molar-refractivity contribution in [1.82, 2.24) is 19.7 Å². The van der Waals surface area contributed by atoms with Gasteiger partial charge in [-0.05, 0) is 24.3 Å². The number of nitrogens with zero attached hydrogens (tertiary/aromatic N) is 4. The van der Waals surface area contributed by atoms with Crippen LogP contribution < -0.4 is 10.1 Å². The molecule has 0 radical (unpaired) electrons. The lowest BCUT2D eigenvalue weighted by atomic mass is 10.1. The highest BCUT2D eigenvalue weighted by Gasteiger charge is 2.14. The van der Waals surface area contributed by atoms with Crippen LogP contribution in [-0.4, -0.2) is 65.0 Å². The maximum atomic E-state index is 12.3. The quantitative estimate of drug-likeness (QED) is 0.764. The van der Waals surface area contributed by atoms with Crippen molar-refractivity contribution < 1.29 is 14.3 Å². The molecule has 0 spiro atoms. The molecule has 1 aromatic heterocycles. The Kier molecular flexibility index (Phi) is 6.56. The standard InChI is InChI=1S/C18H25N5O3/c1-15(12-23-14-19-13-20-23)18(24)21-16-2-4-17(5-3-16)26-11-8-22-6-9-25-10-7-22/h2-5,13-15H,6-12H2,1H3,(H,21,24)/t15-/m1/s1. The summed E-state index contributed by atoms with van der Waals surface area (Å²) in [7, 11) is 0. The number of nitrogens with one attached hydrogen (secondary N) is 1. The van der Waals surface area contributed by atoms with Gasteiger partial charge in [-0.3, -0.25) is 14.4 Å².